The Kier molecular flexibility index (Phi) is 14.3. The molecule has 192 valence electrons. The Labute approximate surface area is 209 Å². The molecule has 35 heavy (non-hydrogen) atoms. The number of amides is 1. The second-order valence-corrected chi connectivity index (χ2v) is 8.96. The molecular formula is C28H41N3O4. The summed E-state index contributed by atoms with van der Waals surface area (Å²) >= 11 is 0. The summed E-state index contributed by atoms with van der Waals surface area (Å²) < 4.78 is 0. The summed E-state index contributed by atoms with van der Waals surface area (Å²) in [5, 5.41) is 13.6. The van der Waals surface area contributed by atoms with Crippen LogP contribution in [0, 0.1) is 0 Å². The van der Waals surface area contributed by atoms with Crippen LogP contribution in [0.5, 0.6) is 0 Å². The third kappa shape index (κ3) is 13.0. The first kappa shape index (κ1) is 28.5. The van der Waals surface area contributed by atoms with Crippen molar-refractivity contribution in [2.24, 2.45) is 0 Å². The monoisotopic (exact) mass is 483 g/mol. The number of carbonyl (C=O) groups excluding carboxylic acids is 1. The maximum absolute atomic E-state index is 12.6. The molecule has 1 heterocycles. The quantitative estimate of drug-likeness (QED) is 0.195. The first-order valence-electron chi connectivity index (χ1n) is 12.9. The van der Waals surface area contributed by atoms with Crippen molar-refractivity contribution in [1.29, 1.82) is 0 Å². The molecule has 0 atom stereocenters. The van der Waals surface area contributed by atoms with Crippen LogP contribution in [-0.4, -0.2) is 40.2 Å². The van der Waals surface area contributed by atoms with E-state index >= 15 is 0 Å². The third-order valence-electron chi connectivity index (χ3n) is 5.82. The summed E-state index contributed by atoms with van der Waals surface area (Å²) in [5.41, 5.74) is 2.36. The van der Waals surface area contributed by atoms with Crippen LogP contribution >= 0.6 is 0 Å². The van der Waals surface area contributed by atoms with E-state index in [0.717, 1.165) is 24.0 Å². The van der Waals surface area contributed by atoms with E-state index in [4.69, 9.17) is 9.94 Å². The number of carboxylic acids is 1. The number of hydrogen-bond acceptors (Lipinski definition) is 5. The molecule has 0 aliphatic carbocycles. The molecule has 0 fully saturated rings. The predicted molar refractivity (Wildman–Crippen MR) is 138 cm³/mol. The smallest absolute Gasteiger partial charge is 0.331 e. The molecule has 2 rings (SSSR count). The van der Waals surface area contributed by atoms with Gasteiger partial charge < -0.3 is 10.4 Å². The topological polar surface area (TPSA) is 91.8 Å². The van der Waals surface area contributed by atoms with E-state index in [0.29, 0.717) is 25.2 Å². The third-order valence-corrected chi connectivity index (χ3v) is 5.82. The number of carboxylic acid groups (broad SMARTS) is 1. The summed E-state index contributed by atoms with van der Waals surface area (Å²) in [6.07, 6.45) is 16.1. The molecule has 2 aromatic rings. The number of hydroxylamine groups is 2. The number of carbonyl (C=O) groups is 2. The van der Waals surface area contributed by atoms with Crippen LogP contribution in [0.2, 0.25) is 0 Å². The Morgan fingerprint density at radius 1 is 0.914 bits per heavy atom. The molecule has 1 aromatic carbocycles. The Morgan fingerprint density at radius 3 is 2.23 bits per heavy atom. The summed E-state index contributed by atoms with van der Waals surface area (Å²) in [7, 11) is 0. The number of benzene rings is 1. The molecule has 0 saturated heterocycles. The number of nitrogens with one attached hydrogen (secondary N) is 1. The van der Waals surface area contributed by atoms with Crippen LogP contribution in [0.4, 0.5) is 0 Å². The van der Waals surface area contributed by atoms with Crippen molar-refractivity contribution in [2.45, 2.75) is 84.2 Å². The zero-order chi connectivity index (χ0) is 25.1. The molecule has 0 saturated carbocycles. The Bertz CT molecular complexity index is 860. The van der Waals surface area contributed by atoms with E-state index in [1.165, 1.54) is 51.4 Å². The molecule has 0 bridgehead atoms. The lowest BCUT2D eigenvalue weighted by molar-refractivity contribution is -0.190. The lowest BCUT2D eigenvalue weighted by Crippen LogP contribution is -2.27. The van der Waals surface area contributed by atoms with E-state index in [-0.39, 0.29) is 5.91 Å². The van der Waals surface area contributed by atoms with E-state index < -0.39 is 12.6 Å². The van der Waals surface area contributed by atoms with Gasteiger partial charge in [0.2, 0.25) is 0 Å². The van der Waals surface area contributed by atoms with E-state index in [1.807, 2.05) is 30.3 Å². The minimum absolute atomic E-state index is 0.0898. The average molecular weight is 484 g/mol. The average Bonchev–Trinajstić information content (AvgIpc) is 2.86. The Balaban J connectivity index is 1.74. The van der Waals surface area contributed by atoms with Gasteiger partial charge in [-0.1, -0.05) is 82.9 Å². The minimum Gasteiger partial charge on any atom is -0.479 e. The van der Waals surface area contributed by atoms with Crippen LogP contribution in [0.15, 0.2) is 48.8 Å². The number of pyridine rings is 1. The molecule has 0 unspecified atom stereocenters. The highest BCUT2D eigenvalue weighted by Gasteiger charge is 2.12. The highest BCUT2D eigenvalue weighted by Crippen LogP contribution is 2.13. The van der Waals surface area contributed by atoms with Gasteiger partial charge in [-0.25, -0.2) is 4.79 Å². The molecule has 1 amide bonds. The van der Waals surface area contributed by atoms with Gasteiger partial charge in [0.1, 0.15) is 0 Å². The largest absolute Gasteiger partial charge is 0.479 e. The first-order chi connectivity index (χ1) is 17.1. The number of nitrogens with zero attached hydrogens (tertiary/aromatic N) is 2. The van der Waals surface area contributed by atoms with Crippen molar-refractivity contribution in [3.05, 3.63) is 65.5 Å². The summed E-state index contributed by atoms with van der Waals surface area (Å²) in [6.45, 7) is 3.22. The van der Waals surface area contributed by atoms with Crippen molar-refractivity contribution < 1.29 is 19.5 Å². The fraction of sp³-hybridized carbons (Fsp3) is 0.536. The zero-order valence-electron chi connectivity index (χ0n) is 21.1. The maximum Gasteiger partial charge on any atom is 0.331 e. The van der Waals surface area contributed by atoms with Gasteiger partial charge in [-0.3, -0.25) is 14.6 Å². The number of hydrogen-bond donors (Lipinski definition) is 2. The lowest BCUT2D eigenvalue weighted by atomic mass is 10.1. The van der Waals surface area contributed by atoms with Gasteiger partial charge in [-0.2, -0.15) is 5.06 Å². The highest BCUT2D eigenvalue weighted by molar-refractivity contribution is 5.94. The van der Waals surface area contributed by atoms with Gasteiger partial charge in [-0.05, 0) is 35.7 Å². The fourth-order valence-electron chi connectivity index (χ4n) is 3.92. The molecule has 0 aliphatic heterocycles. The Hall–Kier alpha value is -2.77. The molecular weight excluding hydrogens is 442 g/mol. The molecule has 7 nitrogen and oxygen atoms in total. The van der Waals surface area contributed by atoms with Crippen LogP contribution in [0.25, 0.3) is 0 Å². The van der Waals surface area contributed by atoms with Crippen molar-refractivity contribution in [1.82, 2.24) is 15.4 Å². The minimum atomic E-state index is -1.04. The second kappa shape index (κ2) is 17.6. The number of rotatable bonds is 19. The van der Waals surface area contributed by atoms with Crippen LogP contribution in [0.1, 0.15) is 92.6 Å². The first-order valence-corrected chi connectivity index (χ1v) is 12.9. The lowest BCUT2D eigenvalue weighted by Gasteiger charge is -2.21. The number of unbranched alkanes of at least 4 members (excludes halogenated alkanes) is 9. The molecule has 1 aromatic heterocycles. The standard InChI is InChI=1S/C28H41N3O4/c1-2-3-4-5-6-7-8-9-10-11-18-30-28(34)26-16-12-14-24(19-26)21-31(35-23-27(32)33)22-25-15-13-17-29-20-25/h12-17,19-20H,2-11,18,21-23H2,1H3,(H,30,34)(H,32,33). The maximum atomic E-state index is 12.6. The van der Waals surface area contributed by atoms with Gasteiger partial charge in [0.15, 0.2) is 6.61 Å². The van der Waals surface area contributed by atoms with Crippen molar-refractivity contribution in [2.75, 3.05) is 13.2 Å². The predicted octanol–water partition coefficient (Wildman–Crippen LogP) is 5.75. The molecule has 0 spiro atoms. The van der Waals surface area contributed by atoms with Crippen molar-refractivity contribution >= 4 is 11.9 Å². The summed E-state index contributed by atoms with van der Waals surface area (Å²) in [5.74, 6) is -1.13. The zero-order valence-corrected chi connectivity index (χ0v) is 21.1. The van der Waals surface area contributed by atoms with Gasteiger partial charge in [0.05, 0.1) is 6.54 Å². The number of aromatic nitrogens is 1. The van der Waals surface area contributed by atoms with Gasteiger partial charge in [0, 0.05) is 31.0 Å². The van der Waals surface area contributed by atoms with Crippen LogP contribution in [-0.2, 0) is 22.7 Å². The second-order valence-electron chi connectivity index (χ2n) is 8.96. The van der Waals surface area contributed by atoms with E-state index in [2.05, 4.69) is 17.2 Å². The van der Waals surface area contributed by atoms with Gasteiger partial charge in [0.25, 0.3) is 5.91 Å². The van der Waals surface area contributed by atoms with E-state index in [9.17, 15) is 9.59 Å². The van der Waals surface area contributed by atoms with Gasteiger partial charge in [-0.15, -0.1) is 0 Å². The SMILES string of the molecule is CCCCCCCCCCCCNC(=O)c1cccc(CN(Cc2cccnc2)OCC(=O)O)c1. The van der Waals surface area contributed by atoms with Crippen molar-refractivity contribution in [3.8, 4) is 0 Å². The Morgan fingerprint density at radius 2 is 1.57 bits per heavy atom. The number of aliphatic carboxylic acids is 1. The van der Waals surface area contributed by atoms with Crippen LogP contribution < -0.4 is 5.32 Å². The van der Waals surface area contributed by atoms with Crippen molar-refractivity contribution in [3.63, 3.8) is 0 Å². The summed E-state index contributed by atoms with van der Waals surface area (Å²) in [6, 6.07) is 11.1. The van der Waals surface area contributed by atoms with Crippen LogP contribution in [0.3, 0.4) is 0 Å². The normalized spacial score (nSPS) is 11.0. The molecule has 0 radical (unpaired) electrons. The van der Waals surface area contributed by atoms with E-state index in [1.54, 1.807) is 23.5 Å². The highest BCUT2D eigenvalue weighted by atomic mass is 16.7. The summed E-state index contributed by atoms with van der Waals surface area (Å²) in [4.78, 5) is 33.1. The fourth-order valence-corrected chi connectivity index (χ4v) is 3.92. The van der Waals surface area contributed by atoms with Gasteiger partial charge >= 0.3 is 5.97 Å². The molecule has 0 aliphatic rings. The molecule has 7 heteroatoms. The molecule has 2 N–H and O–H groups in total.